The van der Waals surface area contributed by atoms with Crippen molar-refractivity contribution in [2.75, 3.05) is 26.9 Å². The highest BCUT2D eigenvalue weighted by molar-refractivity contribution is 6.01. The van der Waals surface area contributed by atoms with E-state index in [0.29, 0.717) is 11.3 Å². The molecular formula is C23H27NO7. The molecule has 3 atom stereocenters. The first-order valence-electron chi connectivity index (χ1n) is 10.2. The van der Waals surface area contributed by atoms with Crippen LogP contribution in [-0.4, -0.2) is 44.8 Å². The van der Waals surface area contributed by atoms with Crippen LogP contribution in [0.25, 0.3) is 0 Å². The highest BCUT2D eigenvalue weighted by Gasteiger charge is 2.61. The first-order chi connectivity index (χ1) is 14.9. The van der Waals surface area contributed by atoms with E-state index >= 15 is 0 Å². The minimum atomic E-state index is -2.02. The van der Waals surface area contributed by atoms with Gasteiger partial charge in [0, 0.05) is 11.5 Å². The largest absolute Gasteiger partial charge is 0.497 e. The van der Waals surface area contributed by atoms with Gasteiger partial charge < -0.3 is 18.9 Å². The molecule has 0 saturated heterocycles. The molecule has 0 saturated carbocycles. The first-order valence-corrected chi connectivity index (χ1v) is 10.2. The van der Waals surface area contributed by atoms with Crippen molar-refractivity contribution in [1.82, 2.24) is 0 Å². The van der Waals surface area contributed by atoms with Gasteiger partial charge in [0.25, 0.3) is 0 Å². The monoisotopic (exact) mass is 429 g/mol. The second-order valence-corrected chi connectivity index (χ2v) is 6.83. The number of ether oxygens (including phenoxy) is 4. The summed E-state index contributed by atoms with van der Waals surface area (Å²) in [6, 6.07) is 8.93. The Balaban J connectivity index is 2.78. The maximum Gasteiger partial charge on any atom is 0.334 e. The van der Waals surface area contributed by atoms with Crippen molar-refractivity contribution in [2.45, 2.75) is 33.1 Å². The number of rotatable bonds is 8. The van der Waals surface area contributed by atoms with Crippen molar-refractivity contribution < 1.29 is 33.3 Å². The van der Waals surface area contributed by atoms with Gasteiger partial charge in [0.05, 0.1) is 33.0 Å². The number of hydrogen-bond donors (Lipinski definition) is 0. The van der Waals surface area contributed by atoms with Gasteiger partial charge in [-0.1, -0.05) is 18.2 Å². The van der Waals surface area contributed by atoms with Crippen molar-refractivity contribution in [3.63, 3.8) is 0 Å². The molecule has 0 unspecified atom stereocenters. The maximum atomic E-state index is 13.3. The Hall–Kier alpha value is -3.34. The lowest BCUT2D eigenvalue weighted by molar-refractivity contribution is -0.167. The summed E-state index contributed by atoms with van der Waals surface area (Å²) < 4.78 is 20.8. The molecule has 0 amide bonds. The van der Waals surface area contributed by atoms with E-state index in [9.17, 15) is 19.6 Å². The normalized spacial score (nSPS) is 22.5. The highest BCUT2D eigenvalue weighted by atomic mass is 16.5. The fourth-order valence-electron chi connectivity index (χ4n) is 3.91. The summed E-state index contributed by atoms with van der Waals surface area (Å²) in [5.41, 5.74) is -1.50. The van der Waals surface area contributed by atoms with Gasteiger partial charge in [0.1, 0.15) is 11.7 Å². The van der Waals surface area contributed by atoms with Gasteiger partial charge in [-0.05, 0) is 44.9 Å². The van der Waals surface area contributed by atoms with Crippen LogP contribution in [0.2, 0.25) is 0 Å². The summed E-state index contributed by atoms with van der Waals surface area (Å²) in [5.74, 6) is -4.27. The lowest BCUT2D eigenvalue weighted by atomic mass is 9.58. The van der Waals surface area contributed by atoms with E-state index < -0.39 is 35.2 Å². The second-order valence-electron chi connectivity index (χ2n) is 6.83. The minimum Gasteiger partial charge on any atom is -0.497 e. The summed E-state index contributed by atoms with van der Waals surface area (Å²) in [7, 11) is 1.50. The van der Waals surface area contributed by atoms with Crippen LogP contribution in [0.3, 0.4) is 0 Å². The third kappa shape index (κ3) is 4.55. The Morgan fingerprint density at radius 2 is 1.77 bits per heavy atom. The van der Waals surface area contributed by atoms with Gasteiger partial charge in [-0.3, -0.25) is 9.59 Å². The van der Waals surface area contributed by atoms with Crippen molar-refractivity contribution in [1.29, 1.82) is 5.26 Å². The smallest absolute Gasteiger partial charge is 0.334 e. The molecule has 0 aromatic heterocycles. The van der Waals surface area contributed by atoms with Gasteiger partial charge in [0.15, 0.2) is 5.41 Å². The Bertz CT molecular complexity index is 901. The molecule has 166 valence electrons. The molecule has 8 heteroatoms. The molecular weight excluding hydrogens is 402 g/mol. The fraction of sp³-hybridized carbons (Fsp3) is 0.478. The lowest BCUT2D eigenvalue weighted by Crippen LogP contribution is -2.51. The van der Waals surface area contributed by atoms with Gasteiger partial charge in [-0.2, -0.15) is 5.26 Å². The zero-order valence-corrected chi connectivity index (χ0v) is 18.2. The van der Waals surface area contributed by atoms with E-state index in [1.807, 2.05) is 6.07 Å². The number of nitriles is 1. The molecule has 8 nitrogen and oxygen atoms in total. The molecule has 0 radical (unpaired) electrons. The molecule has 0 aliphatic heterocycles. The molecule has 31 heavy (non-hydrogen) atoms. The average molecular weight is 429 g/mol. The quantitative estimate of drug-likeness (QED) is 0.458. The van der Waals surface area contributed by atoms with Gasteiger partial charge >= 0.3 is 17.9 Å². The van der Waals surface area contributed by atoms with Crippen LogP contribution in [0.4, 0.5) is 0 Å². The molecule has 1 aromatic rings. The molecule has 1 aliphatic rings. The number of esters is 3. The van der Waals surface area contributed by atoms with Crippen LogP contribution in [0.1, 0.15) is 38.7 Å². The Kier molecular flexibility index (Phi) is 8.20. The van der Waals surface area contributed by atoms with Crippen LogP contribution >= 0.6 is 0 Å². The van der Waals surface area contributed by atoms with E-state index in [1.165, 1.54) is 7.11 Å². The van der Waals surface area contributed by atoms with Crippen molar-refractivity contribution in [3.8, 4) is 11.8 Å². The van der Waals surface area contributed by atoms with Crippen LogP contribution in [0.5, 0.6) is 5.75 Å². The van der Waals surface area contributed by atoms with Crippen molar-refractivity contribution in [3.05, 3.63) is 41.5 Å². The third-order valence-corrected chi connectivity index (χ3v) is 5.22. The molecule has 0 spiro atoms. The van der Waals surface area contributed by atoms with Crippen LogP contribution in [-0.2, 0) is 28.6 Å². The highest BCUT2D eigenvalue weighted by Crippen LogP contribution is 2.52. The number of allylic oxidation sites excluding steroid dienone is 1. The molecule has 2 rings (SSSR count). The number of hydrogen-bond acceptors (Lipinski definition) is 8. The van der Waals surface area contributed by atoms with Crippen molar-refractivity contribution >= 4 is 17.9 Å². The second kappa shape index (κ2) is 10.6. The summed E-state index contributed by atoms with van der Waals surface area (Å²) in [6.45, 7) is 4.92. The van der Waals surface area contributed by atoms with Gasteiger partial charge in [0.2, 0.25) is 0 Å². The topological polar surface area (TPSA) is 112 Å². The number of benzene rings is 1. The van der Waals surface area contributed by atoms with Gasteiger partial charge in [-0.25, -0.2) is 4.79 Å². The number of methoxy groups -OCH3 is 1. The third-order valence-electron chi connectivity index (χ3n) is 5.22. The predicted molar refractivity (Wildman–Crippen MR) is 110 cm³/mol. The van der Waals surface area contributed by atoms with Crippen molar-refractivity contribution in [2.24, 2.45) is 11.3 Å². The zero-order chi connectivity index (χ0) is 23.0. The van der Waals surface area contributed by atoms with E-state index in [0.717, 1.165) is 0 Å². The zero-order valence-electron chi connectivity index (χ0n) is 18.2. The Labute approximate surface area is 181 Å². The maximum absolute atomic E-state index is 13.3. The van der Waals surface area contributed by atoms with E-state index in [2.05, 4.69) is 0 Å². The minimum absolute atomic E-state index is 0.00108. The lowest BCUT2D eigenvalue weighted by Gasteiger charge is -2.41. The van der Waals surface area contributed by atoms with Crippen LogP contribution < -0.4 is 4.74 Å². The van der Waals surface area contributed by atoms with E-state index in [-0.39, 0.29) is 31.8 Å². The average Bonchev–Trinajstić information content (AvgIpc) is 2.78. The summed E-state index contributed by atoms with van der Waals surface area (Å²) in [6.07, 6.45) is 1.68. The summed E-state index contributed by atoms with van der Waals surface area (Å²) in [4.78, 5) is 39.0. The first kappa shape index (κ1) is 23.9. The van der Waals surface area contributed by atoms with Crippen LogP contribution in [0.15, 0.2) is 35.9 Å². The molecule has 0 fully saturated rings. The van der Waals surface area contributed by atoms with E-state index in [4.69, 9.17) is 18.9 Å². The van der Waals surface area contributed by atoms with Crippen LogP contribution in [0, 0.1) is 22.7 Å². The standard InChI is InChI=1S/C23H27NO7/c1-5-29-20(25)17-11-12-18(15-9-8-10-16(13-15)28-4)23(14-24,22(27)31-7-3)19(17)21(26)30-6-2/h8-11,13,18-19H,5-7,12H2,1-4H3/t18-,19+,23-/m1/s1. The summed E-state index contributed by atoms with van der Waals surface area (Å²) >= 11 is 0. The number of carbonyl (C=O) groups is 3. The SMILES string of the molecule is CCOC(=O)C1=CC[C@H](c2cccc(OC)c2)[C@@](C#N)(C(=O)OCC)[C@@H]1C(=O)OCC. The van der Waals surface area contributed by atoms with E-state index in [1.54, 1.807) is 51.1 Å². The predicted octanol–water partition coefficient (Wildman–Crippen LogP) is 2.92. The molecule has 0 bridgehead atoms. The number of nitrogens with zero attached hydrogens (tertiary/aromatic N) is 1. The summed E-state index contributed by atoms with van der Waals surface area (Å²) in [5, 5.41) is 10.3. The van der Waals surface area contributed by atoms with Gasteiger partial charge in [-0.15, -0.1) is 0 Å². The Morgan fingerprint density at radius 1 is 1.10 bits per heavy atom. The number of carbonyl (C=O) groups excluding carboxylic acids is 3. The molecule has 1 aromatic carbocycles. The Morgan fingerprint density at radius 3 is 2.35 bits per heavy atom. The fourth-order valence-corrected chi connectivity index (χ4v) is 3.91. The molecule has 0 heterocycles. The molecule has 0 N–H and O–H groups in total. The molecule has 1 aliphatic carbocycles.